The highest BCUT2D eigenvalue weighted by Gasteiger charge is 2.27. The Kier molecular flexibility index (Phi) is 4.77. The fourth-order valence-corrected chi connectivity index (χ4v) is 3.67. The first-order chi connectivity index (χ1) is 10.3. The van der Waals surface area contributed by atoms with Gasteiger partial charge in [0.15, 0.2) is 0 Å². The number of hydrogen-bond acceptors (Lipinski definition) is 5. The number of sulfonamides is 1. The Morgan fingerprint density at radius 2 is 1.91 bits per heavy atom. The molecule has 8 nitrogen and oxygen atoms in total. The van der Waals surface area contributed by atoms with Gasteiger partial charge in [0.05, 0.1) is 0 Å². The molecule has 0 saturated carbocycles. The van der Waals surface area contributed by atoms with Crippen LogP contribution < -0.4 is 0 Å². The molecule has 1 aromatic rings. The van der Waals surface area contributed by atoms with Crippen LogP contribution in [0.5, 0.6) is 0 Å². The van der Waals surface area contributed by atoms with Crippen molar-refractivity contribution < 1.29 is 23.1 Å². The Bertz CT molecular complexity index is 671. The second kappa shape index (κ2) is 6.41. The molecular formula is C13H17N3O5S. The molecule has 0 aromatic carbocycles. The van der Waals surface area contributed by atoms with Gasteiger partial charge in [-0.25, -0.2) is 18.2 Å². The second-order valence-electron chi connectivity index (χ2n) is 4.95. The van der Waals surface area contributed by atoms with Crippen molar-refractivity contribution in [2.75, 3.05) is 26.2 Å². The molecule has 1 aromatic heterocycles. The third-order valence-corrected chi connectivity index (χ3v) is 5.38. The minimum absolute atomic E-state index is 0.0474. The lowest BCUT2D eigenvalue weighted by Crippen LogP contribution is -2.36. The molecule has 9 heteroatoms. The van der Waals surface area contributed by atoms with Crippen molar-refractivity contribution in [1.82, 2.24) is 14.2 Å². The molecule has 1 amide bonds. The number of hydrogen-bond donors (Lipinski definition) is 1. The fourth-order valence-electron chi connectivity index (χ4n) is 2.26. The van der Waals surface area contributed by atoms with Crippen molar-refractivity contribution in [3.05, 3.63) is 24.0 Å². The van der Waals surface area contributed by atoms with Gasteiger partial charge < -0.3 is 10.0 Å². The van der Waals surface area contributed by atoms with E-state index in [0.29, 0.717) is 26.1 Å². The second-order valence-corrected chi connectivity index (χ2v) is 6.89. The van der Waals surface area contributed by atoms with E-state index in [1.165, 1.54) is 17.3 Å². The number of aromatic carboxylic acids is 1. The highest BCUT2D eigenvalue weighted by atomic mass is 32.2. The Morgan fingerprint density at radius 3 is 2.45 bits per heavy atom. The van der Waals surface area contributed by atoms with Crippen LogP contribution in [0.2, 0.25) is 0 Å². The Labute approximate surface area is 128 Å². The summed E-state index contributed by atoms with van der Waals surface area (Å²) in [4.78, 5) is 27.3. The average Bonchev–Trinajstić information content (AvgIpc) is 2.73. The lowest BCUT2D eigenvalue weighted by Gasteiger charge is -2.20. The molecular weight excluding hydrogens is 310 g/mol. The maximum atomic E-state index is 12.5. The Balaban J connectivity index is 2.19. The zero-order valence-corrected chi connectivity index (χ0v) is 12.9. The maximum absolute atomic E-state index is 12.5. The molecule has 2 rings (SSSR count). The van der Waals surface area contributed by atoms with Gasteiger partial charge in [0, 0.05) is 39.3 Å². The summed E-state index contributed by atoms with van der Waals surface area (Å²) in [5.74, 6) is -1.29. The number of nitrogens with zero attached hydrogens (tertiary/aromatic N) is 3. The van der Waals surface area contributed by atoms with E-state index in [-0.39, 0.29) is 23.0 Å². The number of carbonyl (C=O) groups excluding carboxylic acids is 1. The number of pyridine rings is 1. The first-order valence-corrected chi connectivity index (χ1v) is 8.21. The third-order valence-electron chi connectivity index (χ3n) is 3.49. The van der Waals surface area contributed by atoms with Gasteiger partial charge in [-0.1, -0.05) is 0 Å². The molecule has 0 bridgehead atoms. The van der Waals surface area contributed by atoms with Gasteiger partial charge in [-0.2, -0.15) is 4.31 Å². The minimum Gasteiger partial charge on any atom is -0.477 e. The average molecular weight is 327 g/mol. The number of aromatic nitrogens is 1. The summed E-state index contributed by atoms with van der Waals surface area (Å²) in [5.41, 5.74) is -0.211. The van der Waals surface area contributed by atoms with Crippen LogP contribution in [0.1, 0.15) is 23.8 Å². The van der Waals surface area contributed by atoms with Crippen molar-refractivity contribution in [2.24, 2.45) is 0 Å². The van der Waals surface area contributed by atoms with E-state index in [4.69, 9.17) is 5.11 Å². The lowest BCUT2D eigenvalue weighted by atomic mass is 10.4. The zero-order valence-electron chi connectivity index (χ0n) is 12.1. The highest BCUT2D eigenvalue weighted by Crippen LogP contribution is 2.17. The molecule has 0 atom stereocenters. The lowest BCUT2D eigenvalue weighted by molar-refractivity contribution is -0.128. The topological polar surface area (TPSA) is 108 Å². The normalized spacial score (nSPS) is 17.0. The van der Waals surface area contributed by atoms with Crippen LogP contribution in [-0.2, 0) is 14.8 Å². The molecule has 1 fully saturated rings. The number of carboxylic acid groups (broad SMARTS) is 1. The summed E-state index contributed by atoms with van der Waals surface area (Å²) in [6.45, 7) is 2.85. The van der Waals surface area contributed by atoms with E-state index in [1.54, 1.807) is 4.90 Å². The zero-order chi connectivity index (χ0) is 16.3. The summed E-state index contributed by atoms with van der Waals surface area (Å²) in [6, 6.07) is 2.40. The SMILES string of the molecule is CC(=O)N1CCCN(S(=O)(=O)c2ccc(C(=O)O)nc2)CC1. The van der Waals surface area contributed by atoms with Crippen LogP contribution in [0.4, 0.5) is 0 Å². The molecule has 0 spiro atoms. The molecule has 2 heterocycles. The summed E-state index contributed by atoms with van der Waals surface area (Å²) in [6.07, 6.45) is 1.60. The molecule has 22 heavy (non-hydrogen) atoms. The van der Waals surface area contributed by atoms with Gasteiger partial charge in [-0.3, -0.25) is 4.79 Å². The fraction of sp³-hybridized carbons (Fsp3) is 0.462. The van der Waals surface area contributed by atoms with Crippen molar-refractivity contribution in [2.45, 2.75) is 18.2 Å². The van der Waals surface area contributed by atoms with Crippen molar-refractivity contribution in [3.8, 4) is 0 Å². The predicted molar refractivity (Wildman–Crippen MR) is 76.8 cm³/mol. The maximum Gasteiger partial charge on any atom is 0.354 e. The first-order valence-electron chi connectivity index (χ1n) is 6.77. The predicted octanol–water partition coefficient (Wildman–Crippen LogP) is 0.0227. The summed E-state index contributed by atoms with van der Waals surface area (Å²) < 4.78 is 26.4. The van der Waals surface area contributed by atoms with Crippen LogP contribution in [0, 0.1) is 0 Å². The monoisotopic (exact) mass is 327 g/mol. The van der Waals surface area contributed by atoms with Gasteiger partial charge in [0.1, 0.15) is 10.6 Å². The number of carbonyl (C=O) groups is 2. The molecule has 0 unspecified atom stereocenters. The van der Waals surface area contributed by atoms with Crippen LogP contribution in [0.15, 0.2) is 23.2 Å². The summed E-state index contributed by atoms with van der Waals surface area (Å²) in [7, 11) is -3.74. The molecule has 1 aliphatic rings. The van der Waals surface area contributed by atoms with E-state index in [2.05, 4.69) is 4.98 Å². The van der Waals surface area contributed by atoms with Crippen LogP contribution >= 0.6 is 0 Å². The van der Waals surface area contributed by atoms with Crippen molar-refractivity contribution in [1.29, 1.82) is 0 Å². The van der Waals surface area contributed by atoms with Crippen LogP contribution in [-0.4, -0.2) is 65.8 Å². The third kappa shape index (κ3) is 3.42. The van der Waals surface area contributed by atoms with Gasteiger partial charge in [0.25, 0.3) is 0 Å². The standard InChI is InChI=1S/C13H17N3O5S/c1-10(17)15-5-2-6-16(8-7-15)22(20,21)11-3-4-12(13(18)19)14-9-11/h3-4,9H,2,5-8H2,1H3,(H,18,19). The van der Waals surface area contributed by atoms with Crippen LogP contribution in [0.25, 0.3) is 0 Å². The van der Waals surface area contributed by atoms with Gasteiger partial charge >= 0.3 is 5.97 Å². The van der Waals surface area contributed by atoms with E-state index < -0.39 is 16.0 Å². The molecule has 0 aliphatic carbocycles. The van der Waals surface area contributed by atoms with E-state index >= 15 is 0 Å². The minimum atomic E-state index is -3.74. The molecule has 1 N–H and O–H groups in total. The van der Waals surface area contributed by atoms with Crippen molar-refractivity contribution >= 4 is 21.9 Å². The van der Waals surface area contributed by atoms with E-state index in [9.17, 15) is 18.0 Å². The highest BCUT2D eigenvalue weighted by molar-refractivity contribution is 7.89. The van der Waals surface area contributed by atoms with Crippen LogP contribution in [0.3, 0.4) is 0 Å². The number of rotatable bonds is 3. The van der Waals surface area contributed by atoms with E-state index in [1.807, 2.05) is 0 Å². The van der Waals surface area contributed by atoms with E-state index in [0.717, 1.165) is 12.3 Å². The number of amides is 1. The summed E-state index contributed by atoms with van der Waals surface area (Å²) >= 11 is 0. The molecule has 0 radical (unpaired) electrons. The Hall–Kier alpha value is -2.00. The molecule has 120 valence electrons. The van der Waals surface area contributed by atoms with Gasteiger partial charge in [0.2, 0.25) is 15.9 Å². The molecule has 1 aliphatic heterocycles. The molecule has 1 saturated heterocycles. The quantitative estimate of drug-likeness (QED) is 0.838. The number of carboxylic acids is 1. The van der Waals surface area contributed by atoms with Gasteiger partial charge in [-0.15, -0.1) is 0 Å². The smallest absolute Gasteiger partial charge is 0.354 e. The summed E-state index contributed by atoms with van der Waals surface area (Å²) in [5, 5.41) is 8.79. The largest absolute Gasteiger partial charge is 0.477 e. The Morgan fingerprint density at radius 1 is 1.18 bits per heavy atom. The van der Waals surface area contributed by atoms with Gasteiger partial charge in [-0.05, 0) is 18.6 Å². The van der Waals surface area contributed by atoms with Crippen molar-refractivity contribution in [3.63, 3.8) is 0 Å². The first kappa shape index (κ1) is 16.4.